The van der Waals surface area contributed by atoms with Crippen molar-refractivity contribution >= 4 is 21.6 Å². The fraction of sp³-hybridized carbons (Fsp3) is 0.235. The summed E-state index contributed by atoms with van der Waals surface area (Å²) in [5, 5.41) is 0.838. The first-order chi connectivity index (χ1) is 10.7. The van der Waals surface area contributed by atoms with Crippen LogP contribution in [0.5, 0.6) is 11.5 Å². The Bertz CT molecular complexity index is 800. The quantitative estimate of drug-likeness (QED) is 0.670. The highest BCUT2D eigenvalue weighted by Gasteiger charge is 2.11. The number of fused-ring (bicyclic) bond motifs is 1. The minimum Gasteiger partial charge on any atom is -0.490 e. The monoisotopic (exact) mass is 317 g/mol. The standard InChI is InChI=1S/C17H16FNO2S/c1-3-20-14-7-5-11(9-15(14)21-4-2)17-19-13-10-12(18)6-8-16(13)22-17/h5-10H,3-4H2,1-2H3. The van der Waals surface area contributed by atoms with Gasteiger partial charge in [0.2, 0.25) is 0 Å². The second-order valence-electron chi connectivity index (χ2n) is 4.66. The lowest BCUT2D eigenvalue weighted by atomic mass is 10.2. The van der Waals surface area contributed by atoms with E-state index in [-0.39, 0.29) is 5.82 Å². The second kappa shape index (κ2) is 6.32. The van der Waals surface area contributed by atoms with Gasteiger partial charge in [0.05, 0.1) is 23.4 Å². The molecule has 114 valence electrons. The summed E-state index contributed by atoms with van der Waals surface area (Å²) in [5.41, 5.74) is 1.61. The van der Waals surface area contributed by atoms with Gasteiger partial charge in [-0.05, 0) is 44.2 Å². The van der Waals surface area contributed by atoms with Crippen molar-refractivity contribution in [1.29, 1.82) is 0 Å². The predicted octanol–water partition coefficient (Wildman–Crippen LogP) is 4.90. The van der Waals surface area contributed by atoms with Gasteiger partial charge in [0, 0.05) is 11.6 Å². The molecular weight excluding hydrogens is 301 g/mol. The summed E-state index contributed by atoms with van der Waals surface area (Å²) in [6.45, 7) is 5.02. The van der Waals surface area contributed by atoms with E-state index in [0.29, 0.717) is 24.5 Å². The highest BCUT2D eigenvalue weighted by Crippen LogP contribution is 2.36. The highest BCUT2D eigenvalue weighted by atomic mass is 32.1. The van der Waals surface area contributed by atoms with Crippen LogP contribution < -0.4 is 9.47 Å². The van der Waals surface area contributed by atoms with Crippen molar-refractivity contribution in [2.24, 2.45) is 0 Å². The van der Waals surface area contributed by atoms with Crippen molar-refractivity contribution in [3.8, 4) is 22.1 Å². The second-order valence-corrected chi connectivity index (χ2v) is 5.69. The van der Waals surface area contributed by atoms with E-state index in [1.807, 2.05) is 32.0 Å². The average molecular weight is 317 g/mol. The Hall–Kier alpha value is -2.14. The number of halogens is 1. The number of rotatable bonds is 5. The summed E-state index contributed by atoms with van der Waals surface area (Å²) in [7, 11) is 0. The molecule has 0 atom stereocenters. The molecule has 0 unspecified atom stereocenters. The van der Waals surface area contributed by atoms with E-state index in [0.717, 1.165) is 21.0 Å². The molecule has 0 aliphatic rings. The van der Waals surface area contributed by atoms with Crippen molar-refractivity contribution in [2.75, 3.05) is 13.2 Å². The molecule has 1 heterocycles. The first-order valence-corrected chi connectivity index (χ1v) is 7.99. The molecule has 0 aliphatic carbocycles. The molecule has 0 fully saturated rings. The van der Waals surface area contributed by atoms with E-state index < -0.39 is 0 Å². The number of ether oxygens (including phenoxy) is 2. The molecule has 5 heteroatoms. The summed E-state index contributed by atoms with van der Waals surface area (Å²) in [4.78, 5) is 4.50. The summed E-state index contributed by atoms with van der Waals surface area (Å²) >= 11 is 1.53. The van der Waals surface area contributed by atoms with Crippen LogP contribution in [0.15, 0.2) is 36.4 Å². The number of hydrogen-bond donors (Lipinski definition) is 0. The molecule has 3 aromatic rings. The van der Waals surface area contributed by atoms with Crippen LogP contribution in [0, 0.1) is 5.82 Å². The first-order valence-electron chi connectivity index (χ1n) is 7.17. The van der Waals surface area contributed by atoms with Gasteiger partial charge in [-0.2, -0.15) is 0 Å². The van der Waals surface area contributed by atoms with Gasteiger partial charge in [-0.3, -0.25) is 0 Å². The minimum absolute atomic E-state index is 0.272. The van der Waals surface area contributed by atoms with E-state index in [1.54, 1.807) is 6.07 Å². The maximum Gasteiger partial charge on any atom is 0.161 e. The van der Waals surface area contributed by atoms with Gasteiger partial charge in [-0.25, -0.2) is 9.37 Å². The van der Waals surface area contributed by atoms with Crippen LogP contribution in [0.4, 0.5) is 4.39 Å². The normalized spacial score (nSPS) is 10.9. The molecule has 0 bridgehead atoms. The molecule has 0 N–H and O–H groups in total. The van der Waals surface area contributed by atoms with Crippen molar-refractivity contribution in [1.82, 2.24) is 4.98 Å². The van der Waals surface area contributed by atoms with E-state index in [4.69, 9.17) is 9.47 Å². The van der Waals surface area contributed by atoms with Gasteiger partial charge in [0.1, 0.15) is 10.8 Å². The largest absolute Gasteiger partial charge is 0.490 e. The topological polar surface area (TPSA) is 31.4 Å². The Morgan fingerprint density at radius 1 is 1.00 bits per heavy atom. The maximum absolute atomic E-state index is 13.3. The van der Waals surface area contributed by atoms with Crippen LogP contribution >= 0.6 is 11.3 Å². The van der Waals surface area contributed by atoms with Crippen LogP contribution in [-0.4, -0.2) is 18.2 Å². The molecule has 0 amide bonds. The Morgan fingerprint density at radius 2 is 1.77 bits per heavy atom. The third-order valence-corrected chi connectivity index (χ3v) is 4.23. The summed E-state index contributed by atoms with van der Waals surface area (Å²) in [6.07, 6.45) is 0. The van der Waals surface area contributed by atoms with Crippen molar-refractivity contribution in [3.05, 3.63) is 42.2 Å². The molecular formula is C17H16FNO2S. The van der Waals surface area contributed by atoms with Gasteiger partial charge in [0.15, 0.2) is 11.5 Å². The lowest BCUT2D eigenvalue weighted by Crippen LogP contribution is -1.98. The molecule has 0 saturated carbocycles. The zero-order valence-corrected chi connectivity index (χ0v) is 13.2. The molecule has 3 nitrogen and oxygen atoms in total. The van der Waals surface area contributed by atoms with Crippen molar-refractivity contribution in [3.63, 3.8) is 0 Å². The van der Waals surface area contributed by atoms with Gasteiger partial charge >= 0.3 is 0 Å². The third kappa shape index (κ3) is 2.90. The zero-order chi connectivity index (χ0) is 15.5. The molecule has 0 radical (unpaired) electrons. The lowest BCUT2D eigenvalue weighted by Gasteiger charge is -2.11. The van der Waals surface area contributed by atoms with Gasteiger partial charge < -0.3 is 9.47 Å². The summed E-state index contributed by atoms with van der Waals surface area (Å²) in [6, 6.07) is 10.4. The first kappa shape index (κ1) is 14.8. The number of nitrogens with zero attached hydrogens (tertiary/aromatic N) is 1. The molecule has 0 aliphatic heterocycles. The average Bonchev–Trinajstić information content (AvgIpc) is 2.92. The number of benzene rings is 2. The van der Waals surface area contributed by atoms with E-state index >= 15 is 0 Å². The van der Waals surface area contributed by atoms with Crippen LogP contribution in [0.2, 0.25) is 0 Å². The van der Waals surface area contributed by atoms with E-state index in [9.17, 15) is 4.39 Å². The molecule has 0 spiro atoms. The van der Waals surface area contributed by atoms with Crippen LogP contribution in [-0.2, 0) is 0 Å². The van der Waals surface area contributed by atoms with Crippen molar-refractivity contribution in [2.45, 2.75) is 13.8 Å². The van der Waals surface area contributed by atoms with Crippen LogP contribution in [0.25, 0.3) is 20.8 Å². The predicted molar refractivity (Wildman–Crippen MR) is 87.4 cm³/mol. The Kier molecular flexibility index (Phi) is 4.24. The van der Waals surface area contributed by atoms with Crippen LogP contribution in [0.3, 0.4) is 0 Å². The number of hydrogen-bond acceptors (Lipinski definition) is 4. The Labute approximate surface area is 132 Å². The van der Waals surface area contributed by atoms with E-state index in [1.165, 1.54) is 23.5 Å². The molecule has 1 aromatic heterocycles. The summed E-state index contributed by atoms with van der Waals surface area (Å²) < 4.78 is 25.4. The summed E-state index contributed by atoms with van der Waals surface area (Å²) in [5.74, 6) is 1.15. The SMILES string of the molecule is CCOc1ccc(-c2nc3cc(F)ccc3s2)cc1OCC. The van der Waals surface area contributed by atoms with Gasteiger partial charge in [0.25, 0.3) is 0 Å². The zero-order valence-electron chi connectivity index (χ0n) is 12.4. The fourth-order valence-electron chi connectivity index (χ4n) is 2.21. The van der Waals surface area contributed by atoms with E-state index in [2.05, 4.69) is 4.98 Å². The highest BCUT2D eigenvalue weighted by molar-refractivity contribution is 7.21. The lowest BCUT2D eigenvalue weighted by molar-refractivity contribution is 0.288. The third-order valence-electron chi connectivity index (χ3n) is 3.14. The maximum atomic E-state index is 13.3. The number of thiazole rings is 1. The molecule has 0 saturated heterocycles. The smallest absolute Gasteiger partial charge is 0.161 e. The molecule has 3 rings (SSSR count). The minimum atomic E-state index is -0.272. The van der Waals surface area contributed by atoms with Gasteiger partial charge in [-0.1, -0.05) is 0 Å². The Morgan fingerprint density at radius 3 is 2.55 bits per heavy atom. The Balaban J connectivity index is 2.03. The molecule has 2 aromatic carbocycles. The fourth-order valence-corrected chi connectivity index (χ4v) is 3.15. The molecule has 22 heavy (non-hydrogen) atoms. The van der Waals surface area contributed by atoms with Crippen LogP contribution in [0.1, 0.15) is 13.8 Å². The number of aromatic nitrogens is 1. The van der Waals surface area contributed by atoms with Crippen molar-refractivity contribution < 1.29 is 13.9 Å². The van der Waals surface area contributed by atoms with Gasteiger partial charge in [-0.15, -0.1) is 11.3 Å².